The first-order chi connectivity index (χ1) is 9.11. The van der Waals surface area contributed by atoms with Crippen molar-refractivity contribution >= 4 is 17.7 Å². The molecule has 1 aliphatic heterocycles. The lowest BCUT2D eigenvalue weighted by Crippen LogP contribution is -2.48. The van der Waals surface area contributed by atoms with E-state index >= 15 is 0 Å². The molecule has 3 nitrogen and oxygen atoms in total. The lowest BCUT2D eigenvalue weighted by Gasteiger charge is -2.35. The van der Waals surface area contributed by atoms with Crippen LogP contribution < -0.4 is 0 Å². The van der Waals surface area contributed by atoms with Gasteiger partial charge in [-0.3, -0.25) is 4.79 Å². The molecule has 1 aliphatic rings. The number of nitrogens with zero attached hydrogens (tertiary/aromatic N) is 1. The Bertz CT molecular complexity index is 440. The first kappa shape index (κ1) is 14.4. The fraction of sp³-hybridized carbons (Fsp3) is 0.533. The number of morpholine rings is 1. The summed E-state index contributed by atoms with van der Waals surface area (Å²) < 4.78 is 5.68. The van der Waals surface area contributed by atoms with Gasteiger partial charge in [-0.05, 0) is 31.7 Å². The van der Waals surface area contributed by atoms with E-state index in [1.165, 1.54) is 0 Å². The number of benzene rings is 1. The molecule has 1 fully saturated rings. The van der Waals surface area contributed by atoms with Crippen LogP contribution in [-0.4, -0.2) is 41.9 Å². The van der Waals surface area contributed by atoms with E-state index in [1.807, 2.05) is 43.0 Å². The highest BCUT2D eigenvalue weighted by molar-refractivity contribution is 7.99. The minimum absolute atomic E-state index is 0.110. The molecule has 1 aromatic carbocycles. The molecular formula is C15H21NO2S. The van der Waals surface area contributed by atoms with Crippen molar-refractivity contribution < 1.29 is 9.53 Å². The molecule has 0 aromatic heterocycles. The van der Waals surface area contributed by atoms with E-state index in [0.29, 0.717) is 13.1 Å². The standard InChI is InChI=1S/C15H21NO2S/c1-4-19-14-8-6-5-7-13(14)15(17)16-9-11(2)18-12(3)10-16/h5-8,11-12H,4,9-10H2,1-3H3. The molecular weight excluding hydrogens is 258 g/mol. The third-order valence-corrected chi connectivity index (χ3v) is 4.08. The predicted molar refractivity (Wildman–Crippen MR) is 78.8 cm³/mol. The Hall–Kier alpha value is -1.00. The number of carbonyl (C=O) groups excluding carboxylic acids is 1. The van der Waals surface area contributed by atoms with Crippen molar-refractivity contribution in [1.29, 1.82) is 0 Å². The van der Waals surface area contributed by atoms with Gasteiger partial charge in [0.15, 0.2) is 0 Å². The number of hydrogen-bond acceptors (Lipinski definition) is 3. The summed E-state index contributed by atoms with van der Waals surface area (Å²) in [5.74, 6) is 1.10. The van der Waals surface area contributed by atoms with Crippen molar-refractivity contribution in [2.24, 2.45) is 0 Å². The second kappa shape index (κ2) is 6.44. The van der Waals surface area contributed by atoms with Gasteiger partial charge in [0.25, 0.3) is 5.91 Å². The van der Waals surface area contributed by atoms with E-state index in [-0.39, 0.29) is 18.1 Å². The number of hydrogen-bond donors (Lipinski definition) is 0. The third kappa shape index (κ3) is 3.51. The predicted octanol–water partition coefficient (Wildman–Crippen LogP) is 3.05. The van der Waals surface area contributed by atoms with Crippen LogP contribution in [0.5, 0.6) is 0 Å². The molecule has 4 heteroatoms. The van der Waals surface area contributed by atoms with Gasteiger partial charge in [-0.25, -0.2) is 0 Å². The van der Waals surface area contributed by atoms with Gasteiger partial charge in [-0.2, -0.15) is 0 Å². The molecule has 1 saturated heterocycles. The maximum atomic E-state index is 12.6. The van der Waals surface area contributed by atoms with Crippen LogP contribution in [0.4, 0.5) is 0 Å². The highest BCUT2D eigenvalue weighted by Gasteiger charge is 2.27. The Kier molecular flexibility index (Phi) is 4.88. The minimum atomic E-state index is 0.110. The van der Waals surface area contributed by atoms with E-state index in [2.05, 4.69) is 6.92 Å². The van der Waals surface area contributed by atoms with Crippen molar-refractivity contribution in [2.75, 3.05) is 18.8 Å². The summed E-state index contributed by atoms with van der Waals surface area (Å²) in [7, 11) is 0. The second-order valence-electron chi connectivity index (χ2n) is 4.90. The van der Waals surface area contributed by atoms with Gasteiger partial charge in [0.2, 0.25) is 0 Å². The van der Waals surface area contributed by atoms with Gasteiger partial charge in [0.1, 0.15) is 0 Å². The van der Waals surface area contributed by atoms with Crippen molar-refractivity contribution in [3.63, 3.8) is 0 Å². The molecule has 2 unspecified atom stereocenters. The Morgan fingerprint density at radius 2 is 1.95 bits per heavy atom. The molecule has 0 aliphatic carbocycles. The van der Waals surface area contributed by atoms with Crippen LogP contribution in [0.15, 0.2) is 29.2 Å². The van der Waals surface area contributed by atoms with Crippen LogP contribution >= 0.6 is 11.8 Å². The summed E-state index contributed by atoms with van der Waals surface area (Å²) in [6.07, 6.45) is 0.220. The zero-order chi connectivity index (χ0) is 13.8. The molecule has 0 spiro atoms. The molecule has 1 aromatic rings. The maximum absolute atomic E-state index is 12.6. The van der Waals surface area contributed by atoms with Gasteiger partial charge in [0.05, 0.1) is 17.8 Å². The highest BCUT2D eigenvalue weighted by atomic mass is 32.2. The third-order valence-electron chi connectivity index (χ3n) is 3.12. The Morgan fingerprint density at radius 1 is 1.32 bits per heavy atom. The van der Waals surface area contributed by atoms with Gasteiger partial charge in [0, 0.05) is 18.0 Å². The van der Waals surface area contributed by atoms with Gasteiger partial charge in [-0.15, -0.1) is 11.8 Å². The van der Waals surface area contributed by atoms with Crippen molar-refractivity contribution in [2.45, 2.75) is 37.9 Å². The van der Waals surface area contributed by atoms with Crippen LogP contribution in [0.3, 0.4) is 0 Å². The summed E-state index contributed by atoms with van der Waals surface area (Å²) in [6.45, 7) is 7.48. The average molecular weight is 279 g/mol. The van der Waals surface area contributed by atoms with Crippen LogP contribution in [0, 0.1) is 0 Å². The molecule has 0 radical (unpaired) electrons. The monoisotopic (exact) mass is 279 g/mol. The first-order valence-electron chi connectivity index (χ1n) is 6.78. The number of carbonyl (C=O) groups is 1. The Labute approximate surface area is 119 Å². The summed E-state index contributed by atoms with van der Waals surface area (Å²) in [5.41, 5.74) is 0.815. The molecule has 19 heavy (non-hydrogen) atoms. The van der Waals surface area contributed by atoms with Crippen molar-refractivity contribution in [1.82, 2.24) is 4.90 Å². The lowest BCUT2D eigenvalue weighted by atomic mass is 10.1. The van der Waals surface area contributed by atoms with Crippen LogP contribution in [0.2, 0.25) is 0 Å². The number of thioether (sulfide) groups is 1. The number of ether oxygens (including phenoxy) is 1. The van der Waals surface area contributed by atoms with E-state index in [4.69, 9.17) is 4.74 Å². The first-order valence-corrected chi connectivity index (χ1v) is 7.77. The zero-order valence-corrected chi connectivity index (χ0v) is 12.6. The molecule has 1 amide bonds. The molecule has 2 rings (SSSR count). The molecule has 0 saturated carbocycles. The Balaban J connectivity index is 2.19. The van der Waals surface area contributed by atoms with Crippen LogP contribution in [0.25, 0.3) is 0 Å². The van der Waals surface area contributed by atoms with Crippen molar-refractivity contribution in [3.8, 4) is 0 Å². The van der Waals surface area contributed by atoms with Crippen molar-refractivity contribution in [3.05, 3.63) is 29.8 Å². The summed E-state index contributed by atoms with van der Waals surface area (Å²) in [6, 6.07) is 7.86. The smallest absolute Gasteiger partial charge is 0.255 e. The maximum Gasteiger partial charge on any atom is 0.255 e. The number of amides is 1. The quantitative estimate of drug-likeness (QED) is 0.796. The molecule has 104 valence electrons. The fourth-order valence-corrected chi connectivity index (χ4v) is 3.24. The molecule has 0 bridgehead atoms. The van der Waals surface area contributed by atoms with E-state index in [9.17, 15) is 4.79 Å². The second-order valence-corrected chi connectivity index (χ2v) is 6.20. The van der Waals surface area contributed by atoms with Gasteiger partial charge in [-0.1, -0.05) is 19.1 Å². The number of rotatable bonds is 3. The molecule has 1 heterocycles. The summed E-state index contributed by atoms with van der Waals surface area (Å²) >= 11 is 1.72. The lowest BCUT2D eigenvalue weighted by molar-refractivity contribution is -0.0586. The van der Waals surface area contributed by atoms with Gasteiger partial charge < -0.3 is 9.64 Å². The SMILES string of the molecule is CCSc1ccccc1C(=O)N1CC(C)OC(C)C1. The van der Waals surface area contributed by atoms with Crippen LogP contribution in [-0.2, 0) is 4.74 Å². The van der Waals surface area contributed by atoms with E-state index in [1.54, 1.807) is 11.8 Å². The van der Waals surface area contributed by atoms with Crippen LogP contribution in [0.1, 0.15) is 31.1 Å². The normalized spacial score (nSPS) is 23.4. The zero-order valence-electron chi connectivity index (χ0n) is 11.8. The average Bonchev–Trinajstić information content (AvgIpc) is 2.38. The van der Waals surface area contributed by atoms with E-state index < -0.39 is 0 Å². The summed E-state index contributed by atoms with van der Waals surface area (Å²) in [5, 5.41) is 0. The largest absolute Gasteiger partial charge is 0.372 e. The topological polar surface area (TPSA) is 29.5 Å². The fourth-order valence-electron chi connectivity index (χ4n) is 2.44. The van der Waals surface area contributed by atoms with E-state index in [0.717, 1.165) is 16.2 Å². The highest BCUT2D eigenvalue weighted by Crippen LogP contribution is 2.24. The molecule has 2 atom stereocenters. The van der Waals surface area contributed by atoms with Gasteiger partial charge >= 0.3 is 0 Å². The minimum Gasteiger partial charge on any atom is -0.372 e. The summed E-state index contributed by atoms with van der Waals surface area (Å²) in [4.78, 5) is 15.6. The Morgan fingerprint density at radius 3 is 2.58 bits per heavy atom. The molecule has 0 N–H and O–H groups in total.